The predicted molar refractivity (Wildman–Crippen MR) is 57.9 cm³/mol. The smallest absolute Gasteiger partial charge is 0.325 e. The van der Waals surface area contributed by atoms with E-state index in [1.807, 2.05) is 0 Å². The maximum Gasteiger partial charge on any atom is 0.325 e. The molecular weight excluding hydrogens is 220 g/mol. The van der Waals surface area contributed by atoms with Gasteiger partial charge in [0.25, 0.3) is 0 Å². The van der Waals surface area contributed by atoms with E-state index in [1.54, 1.807) is 0 Å². The summed E-state index contributed by atoms with van der Waals surface area (Å²) in [5.41, 5.74) is 0. The molecule has 15 heavy (non-hydrogen) atoms. The van der Waals surface area contributed by atoms with Crippen LogP contribution in [0.25, 0.3) is 0 Å². The van der Waals surface area contributed by atoms with E-state index in [1.165, 1.54) is 7.11 Å². The van der Waals surface area contributed by atoms with Crippen molar-refractivity contribution in [3.63, 3.8) is 0 Å². The number of esters is 1. The highest BCUT2D eigenvalue weighted by molar-refractivity contribution is 5.85. The topological polar surface area (TPSA) is 67.4 Å². The molecule has 0 aromatic carbocycles. The average molecular weight is 237 g/mol. The Kier molecular flexibility index (Phi) is 7.07. The third kappa shape index (κ3) is 4.99. The SMILES string of the molecule is COC(=O)CNC(=O)[C@@H]1CCCNC1.Cl. The Morgan fingerprint density at radius 3 is 2.80 bits per heavy atom. The van der Waals surface area contributed by atoms with Crippen LogP contribution in [0.5, 0.6) is 0 Å². The van der Waals surface area contributed by atoms with E-state index in [0.29, 0.717) is 6.54 Å². The molecule has 2 N–H and O–H groups in total. The number of halogens is 1. The second-order valence-corrected chi connectivity index (χ2v) is 3.34. The van der Waals surface area contributed by atoms with Gasteiger partial charge in [-0.1, -0.05) is 0 Å². The van der Waals surface area contributed by atoms with E-state index in [4.69, 9.17) is 0 Å². The Bertz CT molecular complexity index is 217. The van der Waals surface area contributed by atoms with Crippen LogP contribution in [0.15, 0.2) is 0 Å². The van der Waals surface area contributed by atoms with Crippen molar-refractivity contribution < 1.29 is 14.3 Å². The molecule has 0 aromatic heterocycles. The van der Waals surface area contributed by atoms with Crippen LogP contribution in [0.1, 0.15) is 12.8 Å². The third-order valence-electron chi connectivity index (χ3n) is 2.30. The van der Waals surface area contributed by atoms with Crippen LogP contribution >= 0.6 is 12.4 Å². The third-order valence-corrected chi connectivity index (χ3v) is 2.30. The number of hydrogen-bond acceptors (Lipinski definition) is 4. The highest BCUT2D eigenvalue weighted by atomic mass is 35.5. The number of carbonyl (C=O) groups is 2. The minimum absolute atomic E-state index is 0. The van der Waals surface area contributed by atoms with E-state index in [0.717, 1.165) is 19.4 Å². The Balaban J connectivity index is 0.00000196. The van der Waals surface area contributed by atoms with E-state index < -0.39 is 5.97 Å². The molecule has 1 atom stereocenters. The number of hydrogen-bond donors (Lipinski definition) is 2. The van der Waals surface area contributed by atoms with Gasteiger partial charge in [0.15, 0.2) is 0 Å². The van der Waals surface area contributed by atoms with Gasteiger partial charge in [-0.2, -0.15) is 0 Å². The molecule has 1 saturated heterocycles. The van der Waals surface area contributed by atoms with Gasteiger partial charge in [-0.25, -0.2) is 0 Å². The number of carbonyl (C=O) groups excluding carboxylic acids is 2. The highest BCUT2D eigenvalue weighted by Gasteiger charge is 2.20. The molecule has 0 radical (unpaired) electrons. The van der Waals surface area contributed by atoms with Gasteiger partial charge in [0.1, 0.15) is 6.54 Å². The molecular formula is C9H17ClN2O3. The second kappa shape index (κ2) is 7.48. The molecule has 0 saturated carbocycles. The average Bonchev–Trinajstić information content (AvgIpc) is 2.26. The van der Waals surface area contributed by atoms with Crippen molar-refractivity contribution in [1.29, 1.82) is 0 Å². The molecule has 6 heteroatoms. The molecule has 1 fully saturated rings. The minimum Gasteiger partial charge on any atom is -0.468 e. The largest absolute Gasteiger partial charge is 0.468 e. The molecule has 1 aliphatic heterocycles. The second-order valence-electron chi connectivity index (χ2n) is 3.34. The van der Waals surface area contributed by atoms with Crippen molar-refractivity contribution in [2.75, 3.05) is 26.7 Å². The molecule has 0 aromatic rings. The first kappa shape index (κ1) is 14.2. The molecule has 1 rings (SSSR count). The first-order valence-electron chi connectivity index (χ1n) is 4.79. The molecule has 0 unspecified atom stereocenters. The summed E-state index contributed by atoms with van der Waals surface area (Å²) >= 11 is 0. The van der Waals surface area contributed by atoms with Gasteiger partial charge in [0.05, 0.1) is 13.0 Å². The number of piperidine rings is 1. The fourth-order valence-electron chi connectivity index (χ4n) is 1.45. The zero-order valence-corrected chi connectivity index (χ0v) is 9.56. The lowest BCUT2D eigenvalue weighted by atomic mass is 9.99. The minimum atomic E-state index is -0.415. The fraction of sp³-hybridized carbons (Fsp3) is 0.778. The molecule has 1 heterocycles. The summed E-state index contributed by atoms with van der Waals surface area (Å²) in [6.45, 7) is 1.64. The lowest BCUT2D eigenvalue weighted by Gasteiger charge is -2.21. The quantitative estimate of drug-likeness (QED) is 0.661. The van der Waals surface area contributed by atoms with E-state index in [-0.39, 0.29) is 30.8 Å². The molecule has 1 aliphatic rings. The van der Waals surface area contributed by atoms with E-state index in [9.17, 15) is 9.59 Å². The van der Waals surface area contributed by atoms with Crippen molar-refractivity contribution in [3.05, 3.63) is 0 Å². The zero-order valence-electron chi connectivity index (χ0n) is 8.75. The number of rotatable bonds is 3. The maximum atomic E-state index is 11.5. The van der Waals surface area contributed by atoms with Gasteiger partial charge in [-0.05, 0) is 19.4 Å². The van der Waals surface area contributed by atoms with Crippen LogP contribution in [0, 0.1) is 5.92 Å². The highest BCUT2D eigenvalue weighted by Crippen LogP contribution is 2.09. The number of nitrogens with one attached hydrogen (secondary N) is 2. The molecule has 0 spiro atoms. The van der Waals surface area contributed by atoms with Crippen molar-refractivity contribution in [1.82, 2.24) is 10.6 Å². The molecule has 1 amide bonds. The van der Waals surface area contributed by atoms with Gasteiger partial charge >= 0.3 is 5.97 Å². The Morgan fingerprint density at radius 1 is 1.53 bits per heavy atom. The van der Waals surface area contributed by atoms with Crippen LogP contribution in [0.3, 0.4) is 0 Å². The fourth-order valence-corrected chi connectivity index (χ4v) is 1.45. The van der Waals surface area contributed by atoms with Crippen LogP contribution in [-0.4, -0.2) is 38.6 Å². The van der Waals surface area contributed by atoms with E-state index in [2.05, 4.69) is 15.4 Å². The van der Waals surface area contributed by atoms with Crippen LogP contribution in [0.4, 0.5) is 0 Å². The summed E-state index contributed by atoms with van der Waals surface area (Å²) in [5.74, 6) is -0.488. The molecule has 0 bridgehead atoms. The Hall–Kier alpha value is -0.810. The van der Waals surface area contributed by atoms with Crippen molar-refractivity contribution in [2.24, 2.45) is 5.92 Å². The maximum absolute atomic E-state index is 11.5. The summed E-state index contributed by atoms with van der Waals surface area (Å²) in [7, 11) is 1.30. The Labute approximate surface area is 95.3 Å². The van der Waals surface area contributed by atoms with Crippen molar-refractivity contribution >= 4 is 24.3 Å². The number of methoxy groups -OCH3 is 1. The van der Waals surface area contributed by atoms with Crippen LogP contribution in [-0.2, 0) is 14.3 Å². The van der Waals surface area contributed by atoms with Gasteiger partial charge in [0.2, 0.25) is 5.91 Å². The molecule has 0 aliphatic carbocycles. The number of amides is 1. The first-order chi connectivity index (χ1) is 6.74. The lowest BCUT2D eigenvalue weighted by Crippen LogP contribution is -2.42. The lowest BCUT2D eigenvalue weighted by molar-refractivity contribution is -0.141. The molecule has 5 nitrogen and oxygen atoms in total. The van der Waals surface area contributed by atoms with Gasteiger partial charge in [-0.15, -0.1) is 12.4 Å². The van der Waals surface area contributed by atoms with Crippen molar-refractivity contribution in [2.45, 2.75) is 12.8 Å². The first-order valence-corrected chi connectivity index (χ1v) is 4.79. The van der Waals surface area contributed by atoms with Crippen LogP contribution < -0.4 is 10.6 Å². The zero-order chi connectivity index (χ0) is 10.4. The van der Waals surface area contributed by atoms with Gasteiger partial charge in [0, 0.05) is 6.54 Å². The monoisotopic (exact) mass is 236 g/mol. The van der Waals surface area contributed by atoms with E-state index >= 15 is 0 Å². The van der Waals surface area contributed by atoms with Crippen molar-refractivity contribution in [3.8, 4) is 0 Å². The number of ether oxygens (including phenoxy) is 1. The predicted octanol–water partition coefficient (Wildman–Crippen LogP) is -0.303. The molecule has 88 valence electrons. The van der Waals surface area contributed by atoms with Crippen LogP contribution in [0.2, 0.25) is 0 Å². The normalized spacial score (nSPS) is 19.9. The standard InChI is InChI=1S/C9H16N2O3.ClH/c1-14-8(12)6-11-9(13)7-3-2-4-10-5-7;/h7,10H,2-6H2,1H3,(H,11,13);1H/t7-;/m1./s1. The summed E-state index contributed by atoms with van der Waals surface area (Å²) in [4.78, 5) is 22.2. The van der Waals surface area contributed by atoms with Gasteiger partial charge < -0.3 is 15.4 Å². The van der Waals surface area contributed by atoms with Gasteiger partial charge in [-0.3, -0.25) is 9.59 Å². The summed E-state index contributed by atoms with van der Waals surface area (Å²) in [6.07, 6.45) is 1.90. The summed E-state index contributed by atoms with van der Waals surface area (Å²) in [5, 5.41) is 5.69. The Morgan fingerprint density at radius 2 is 2.27 bits per heavy atom. The summed E-state index contributed by atoms with van der Waals surface area (Å²) in [6, 6.07) is 0. The summed E-state index contributed by atoms with van der Waals surface area (Å²) < 4.78 is 4.42.